The number of thiazole rings is 1. The smallest absolute Gasteiger partial charge is 0.0897 e. The molecule has 0 aromatic carbocycles. The Kier molecular flexibility index (Phi) is 5.95. The average molecular weight is 241 g/mol. The molecule has 1 aromatic heterocycles. The lowest BCUT2D eigenvalue weighted by molar-refractivity contribution is 0.204. The second kappa shape index (κ2) is 6.99. The molecule has 92 valence electrons. The molecule has 0 amide bonds. The van der Waals surface area contributed by atoms with Crippen molar-refractivity contribution in [1.82, 2.24) is 9.88 Å². The number of nitrogens with zero attached hydrogens (tertiary/aromatic N) is 2. The normalized spacial score (nSPS) is 18.0. The monoisotopic (exact) mass is 241 g/mol. The molecule has 2 rings (SSSR count). The second-order valence-corrected chi connectivity index (χ2v) is 5.03. The number of piperidine rings is 1. The Morgan fingerprint density at radius 3 is 2.56 bits per heavy atom. The topological polar surface area (TPSA) is 42.2 Å². The molecule has 0 aliphatic carbocycles. The molecule has 0 saturated carbocycles. The van der Waals surface area contributed by atoms with Crippen LogP contribution in [-0.4, -0.2) is 29.0 Å². The first kappa shape index (κ1) is 13.6. The average Bonchev–Trinajstić information content (AvgIpc) is 2.70. The van der Waals surface area contributed by atoms with Crippen molar-refractivity contribution in [3.8, 4) is 0 Å². The number of aromatic nitrogens is 1. The number of aryl methyl sites for hydroxylation is 1. The van der Waals surface area contributed by atoms with Gasteiger partial charge in [-0.1, -0.05) is 13.8 Å². The van der Waals surface area contributed by atoms with Gasteiger partial charge in [0.15, 0.2) is 0 Å². The van der Waals surface area contributed by atoms with Gasteiger partial charge in [0.25, 0.3) is 0 Å². The van der Waals surface area contributed by atoms with Gasteiger partial charge in [0.05, 0.1) is 10.7 Å². The third kappa shape index (κ3) is 4.20. The van der Waals surface area contributed by atoms with E-state index in [4.69, 9.17) is 5.73 Å². The van der Waals surface area contributed by atoms with Gasteiger partial charge in [-0.05, 0) is 19.8 Å². The van der Waals surface area contributed by atoms with Crippen molar-refractivity contribution in [2.24, 2.45) is 5.73 Å². The Labute approximate surface area is 103 Å². The van der Waals surface area contributed by atoms with Crippen LogP contribution in [0.15, 0.2) is 5.38 Å². The summed E-state index contributed by atoms with van der Waals surface area (Å²) in [7, 11) is 0. The van der Waals surface area contributed by atoms with E-state index >= 15 is 0 Å². The van der Waals surface area contributed by atoms with Crippen molar-refractivity contribution < 1.29 is 0 Å². The van der Waals surface area contributed by atoms with Crippen molar-refractivity contribution in [1.29, 1.82) is 0 Å². The highest BCUT2D eigenvalue weighted by molar-refractivity contribution is 7.09. The summed E-state index contributed by atoms with van der Waals surface area (Å²) < 4.78 is 0. The molecular formula is C12H23N3S. The molecule has 1 saturated heterocycles. The van der Waals surface area contributed by atoms with Gasteiger partial charge in [0, 0.05) is 31.1 Å². The zero-order chi connectivity index (χ0) is 12.0. The van der Waals surface area contributed by atoms with Crippen molar-refractivity contribution in [3.05, 3.63) is 16.1 Å². The number of likely N-dealkylation sites (tertiary alicyclic amines) is 1. The minimum Gasteiger partial charge on any atom is -0.328 e. The van der Waals surface area contributed by atoms with Gasteiger partial charge < -0.3 is 5.73 Å². The Bertz CT molecular complexity index is 290. The molecule has 1 aliphatic rings. The standard InChI is InChI=1S/C10H17N3S.C2H6/c1-8-12-10(7-14-8)6-13-4-2-9(11)3-5-13;1-2/h7,9H,2-6,11H2,1H3;1-2H3. The number of rotatable bonds is 2. The van der Waals surface area contributed by atoms with E-state index in [1.54, 1.807) is 11.3 Å². The fraction of sp³-hybridized carbons (Fsp3) is 0.750. The largest absolute Gasteiger partial charge is 0.328 e. The van der Waals surface area contributed by atoms with Crippen LogP contribution in [0, 0.1) is 6.92 Å². The van der Waals surface area contributed by atoms with Crippen LogP contribution in [0.2, 0.25) is 0 Å². The molecule has 0 atom stereocenters. The van der Waals surface area contributed by atoms with E-state index in [9.17, 15) is 0 Å². The number of hydrogen-bond acceptors (Lipinski definition) is 4. The summed E-state index contributed by atoms with van der Waals surface area (Å²) in [5.74, 6) is 0. The minimum atomic E-state index is 0.420. The van der Waals surface area contributed by atoms with Gasteiger partial charge >= 0.3 is 0 Å². The third-order valence-corrected chi connectivity index (χ3v) is 3.51. The molecule has 3 nitrogen and oxygen atoms in total. The summed E-state index contributed by atoms with van der Waals surface area (Å²) in [6.07, 6.45) is 2.26. The van der Waals surface area contributed by atoms with Crippen LogP contribution < -0.4 is 5.73 Å². The quantitative estimate of drug-likeness (QED) is 0.864. The van der Waals surface area contributed by atoms with Crippen molar-refractivity contribution in [2.75, 3.05) is 13.1 Å². The molecule has 16 heavy (non-hydrogen) atoms. The van der Waals surface area contributed by atoms with Crippen molar-refractivity contribution >= 4 is 11.3 Å². The molecule has 4 heteroatoms. The first-order valence-corrected chi connectivity index (χ1v) is 7.01. The minimum absolute atomic E-state index is 0.420. The predicted molar refractivity (Wildman–Crippen MR) is 70.7 cm³/mol. The molecule has 1 aliphatic heterocycles. The lowest BCUT2D eigenvalue weighted by atomic mass is 10.1. The SMILES string of the molecule is CC.Cc1nc(CN2CCC(N)CC2)cs1. The summed E-state index contributed by atoms with van der Waals surface area (Å²) >= 11 is 1.73. The summed E-state index contributed by atoms with van der Waals surface area (Å²) in [5.41, 5.74) is 7.07. The Morgan fingerprint density at radius 1 is 1.44 bits per heavy atom. The molecule has 1 fully saturated rings. The van der Waals surface area contributed by atoms with E-state index in [1.807, 2.05) is 13.8 Å². The fourth-order valence-electron chi connectivity index (χ4n) is 1.82. The summed E-state index contributed by atoms with van der Waals surface area (Å²) in [5, 5.41) is 3.32. The molecular weight excluding hydrogens is 218 g/mol. The number of nitrogens with two attached hydrogens (primary N) is 1. The van der Waals surface area contributed by atoms with E-state index in [0.29, 0.717) is 6.04 Å². The fourth-order valence-corrected chi connectivity index (χ4v) is 2.42. The molecule has 0 radical (unpaired) electrons. The first-order chi connectivity index (χ1) is 7.74. The molecule has 0 spiro atoms. The van der Waals surface area contributed by atoms with Crippen LogP contribution in [-0.2, 0) is 6.54 Å². The Balaban J connectivity index is 0.000000606. The van der Waals surface area contributed by atoms with Crippen LogP contribution in [0.1, 0.15) is 37.4 Å². The first-order valence-electron chi connectivity index (χ1n) is 6.13. The highest BCUT2D eigenvalue weighted by Gasteiger charge is 2.16. The maximum atomic E-state index is 5.85. The molecule has 0 unspecified atom stereocenters. The zero-order valence-corrected chi connectivity index (χ0v) is 11.4. The van der Waals surface area contributed by atoms with E-state index in [2.05, 4.69) is 22.2 Å². The van der Waals surface area contributed by atoms with E-state index in [-0.39, 0.29) is 0 Å². The van der Waals surface area contributed by atoms with Gasteiger partial charge in [-0.3, -0.25) is 4.90 Å². The van der Waals surface area contributed by atoms with Crippen LogP contribution in [0.25, 0.3) is 0 Å². The third-order valence-electron chi connectivity index (χ3n) is 2.68. The second-order valence-electron chi connectivity index (χ2n) is 3.97. The van der Waals surface area contributed by atoms with E-state index in [0.717, 1.165) is 37.5 Å². The lowest BCUT2D eigenvalue weighted by Crippen LogP contribution is -2.39. The van der Waals surface area contributed by atoms with Gasteiger partial charge in [-0.15, -0.1) is 11.3 Å². The van der Waals surface area contributed by atoms with Crippen molar-refractivity contribution in [2.45, 2.75) is 46.2 Å². The summed E-state index contributed by atoms with van der Waals surface area (Å²) in [6.45, 7) is 9.30. The van der Waals surface area contributed by atoms with Crippen LogP contribution in [0.3, 0.4) is 0 Å². The van der Waals surface area contributed by atoms with Crippen molar-refractivity contribution in [3.63, 3.8) is 0 Å². The highest BCUT2D eigenvalue weighted by Crippen LogP contribution is 2.14. The van der Waals surface area contributed by atoms with Crippen LogP contribution in [0.4, 0.5) is 0 Å². The van der Waals surface area contributed by atoms with Crippen LogP contribution >= 0.6 is 11.3 Å². The van der Waals surface area contributed by atoms with Gasteiger partial charge in [0.2, 0.25) is 0 Å². The molecule has 1 aromatic rings. The zero-order valence-electron chi connectivity index (χ0n) is 10.6. The maximum absolute atomic E-state index is 5.85. The summed E-state index contributed by atoms with van der Waals surface area (Å²) in [4.78, 5) is 6.91. The van der Waals surface area contributed by atoms with E-state index in [1.165, 1.54) is 5.69 Å². The van der Waals surface area contributed by atoms with E-state index < -0.39 is 0 Å². The van der Waals surface area contributed by atoms with Gasteiger partial charge in [0.1, 0.15) is 0 Å². The molecule has 2 heterocycles. The van der Waals surface area contributed by atoms with Gasteiger partial charge in [-0.25, -0.2) is 4.98 Å². The van der Waals surface area contributed by atoms with Crippen LogP contribution in [0.5, 0.6) is 0 Å². The molecule has 2 N–H and O–H groups in total. The summed E-state index contributed by atoms with van der Waals surface area (Å²) in [6, 6.07) is 0.420. The molecule has 0 bridgehead atoms. The maximum Gasteiger partial charge on any atom is 0.0897 e. The van der Waals surface area contributed by atoms with Gasteiger partial charge in [-0.2, -0.15) is 0 Å². The lowest BCUT2D eigenvalue weighted by Gasteiger charge is -2.29. The predicted octanol–water partition coefficient (Wildman–Crippen LogP) is 2.40. The highest BCUT2D eigenvalue weighted by atomic mass is 32.1. The Morgan fingerprint density at radius 2 is 2.06 bits per heavy atom. The Hall–Kier alpha value is -0.450. The number of hydrogen-bond donors (Lipinski definition) is 1.